The number of rotatable bonds is 4. The third-order valence-electron chi connectivity index (χ3n) is 2.12. The maximum absolute atomic E-state index is 10.8. The lowest BCUT2D eigenvalue weighted by Gasteiger charge is -2.00. The zero-order valence-corrected chi connectivity index (χ0v) is 9.82. The molecule has 1 rings (SSSR count). The molecule has 1 N–H and O–H groups in total. The van der Waals surface area contributed by atoms with Crippen molar-refractivity contribution in [3.63, 3.8) is 0 Å². The van der Waals surface area contributed by atoms with Gasteiger partial charge in [0.15, 0.2) is 0 Å². The summed E-state index contributed by atoms with van der Waals surface area (Å²) in [5.41, 5.74) is 0.383. The second-order valence-electron chi connectivity index (χ2n) is 3.30. The summed E-state index contributed by atoms with van der Waals surface area (Å²) in [6.07, 6.45) is 0.644. The zero-order valence-electron chi connectivity index (χ0n) is 9.82. The van der Waals surface area contributed by atoms with Crippen LogP contribution in [0.2, 0.25) is 0 Å². The number of nitrogens with one attached hydrogen (secondary N) is 1. The van der Waals surface area contributed by atoms with Crippen LogP contribution in [0.3, 0.4) is 0 Å². The van der Waals surface area contributed by atoms with Crippen molar-refractivity contribution >= 4 is 5.69 Å². The summed E-state index contributed by atoms with van der Waals surface area (Å²) >= 11 is 0. The topological polar surface area (TPSA) is 64.4 Å². The Morgan fingerprint density at radius 3 is 2.88 bits per heavy atom. The van der Waals surface area contributed by atoms with Gasteiger partial charge in [0.25, 0.3) is 5.69 Å². The van der Waals surface area contributed by atoms with Gasteiger partial charge in [0.1, 0.15) is 11.3 Å². The molecule has 1 aromatic rings. The van der Waals surface area contributed by atoms with E-state index in [9.17, 15) is 10.1 Å². The van der Waals surface area contributed by atoms with Gasteiger partial charge in [-0.15, -0.1) is 0 Å². The van der Waals surface area contributed by atoms with Crippen molar-refractivity contribution in [1.29, 1.82) is 0 Å². The molecule has 0 aliphatic heterocycles. The minimum Gasteiger partial charge on any atom is -0.497 e. The predicted molar refractivity (Wildman–Crippen MR) is 65.1 cm³/mol. The fourth-order valence-corrected chi connectivity index (χ4v) is 1.25. The summed E-state index contributed by atoms with van der Waals surface area (Å²) in [6.45, 7) is 0.755. The highest BCUT2D eigenvalue weighted by molar-refractivity contribution is 5.54. The van der Waals surface area contributed by atoms with Crippen LogP contribution in [-0.2, 0) is 0 Å². The second-order valence-corrected chi connectivity index (χ2v) is 3.30. The molecule has 0 aliphatic rings. The minimum absolute atomic E-state index is 0.00255. The highest BCUT2D eigenvalue weighted by Gasteiger charge is 2.12. The van der Waals surface area contributed by atoms with E-state index >= 15 is 0 Å². The summed E-state index contributed by atoms with van der Waals surface area (Å²) in [5, 5.41) is 13.7. The number of hydrogen-bond donors (Lipinski definition) is 1. The molecule has 0 amide bonds. The molecule has 5 nitrogen and oxygen atoms in total. The fraction of sp³-hybridized carbons (Fsp3) is 0.333. The molecule has 0 atom stereocenters. The van der Waals surface area contributed by atoms with Gasteiger partial charge in [0.05, 0.1) is 12.0 Å². The molecule has 90 valence electrons. The summed E-state index contributed by atoms with van der Waals surface area (Å²) in [4.78, 5) is 10.4. The summed E-state index contributed by atoms with van der Waals surface area (Å²) in [7, 11) is 3.34. The molecule has 0 heterocycles. The maximum atomic E-state index is 10.8. The molecule has 0 saturated heterocycles. The summed E-state index contributed by atoms with van der Waals surface area (Å²) in [5.74, 6) is 6.23. The Labute approximate surface area is 99.9 Å². The number of hydrogen-bond acceptors (Lipinski definition) is 4. The van der Waals surface area contributed by atoms with E-state index in [0.29, 0.717) is 17.7 Å². The molecule has 0 unspecified atom stereocenters. The number of nitrogens with zero attached hydrogens (tertiary/aromatic N) is 1. The van der Waals surface area contributed by atoms with Gasteiger partial charge in [-0.2, -0.15) is 0 Å². The van der Waals surface area contributed by atoms with E-state index in [-0.39, 0.29) is 5.69 Å². The number of benzene rings is 1. The van der Waals surface area contributed by atoms with Gasteiger partial charge in [-0.25, -0.2) is 0 Å². The molecular formula is C12H14N2O3. The van der Waals surface area contributed by atoms with E-state index in [2.05, 4.69) is 17.2 Å². The Kier molecular flexibility index (Phi) is 4.98. The molecular weight excluding hydrogens is 220 g/mol. The van der Waals surface area contributed by atoms with Crippen molar-refractivity contribution in [2.24, 2.45) is 0 Å². The van der Waals surface area contributed by atoms with Crippen molar-refractivity contribution in [1.82, 2.24) is 5.32 Å². The van der Waals surface area contributed by atoms with Crippen molar-refractivity contribution in [2.45, 2.75) is 6.42 Å². The first-order valence-corrected chi connectivity index (χ1v) is 5.15. The molecule has 0 aromatic heterocycles. The van der Waals surface area contributed by atoms with Crippen LogP contribution >= 0.6 is 0 Å². The van der Waals surface area contributed by atoms with E-state index in [4.69, 9.17) is 4.74 Å². The van der Waals surface area contributed by atoms with Crippen LogP contribution in [0.25, 0.3) is 0 Å². The van der Waals surface area contributed by atoms with E-state index < -0.39 is 4.92 Å². The van der Waals surface area contributed by atoms with Gasteiger partial charge in [0, 0.05) is 25.1 Å². The monoisotopic (exact) mass is 234 g/mol. The van der Waals surface area contributed by atoms with Crippen LogP contribution in [0.15, 0.2) is 18.2 Å². The third kappa shape index (κ3) is 3.78. The Bertz CT molecular complexity index is 461. The number of nitro groups is 1. The molecule has 17 heavy (non-hydrogen) atoms. The molecule has 1 aromatic carbocycles. The number of nitro benzene ring substituents is 1. The standard InChI is InChI=1S/C12H14N2O3/c1-13-8-4-3-5-10-9-11(17-2)6-7-12(10)14(15)16/h6-7,9,13H,4,8H2,1-2H3. The van der Waals surface area contributed by atoms with Gasteiger partial charge < -0.3 is 10.1 Å². The smallest absolute Gasteiger partial charge is 0.285 e. The largest absolute Gasteiger partial charge is 0.497 e. The lowest BCUT2D eigenvalue weighted by Crippen LogP contribution is -2.05. The van der Waals surface area contributed by atoms with Gasteiger partial charge >= 0.3 is 0 Å². The fourth-order valence-electron chi connectivity index (χ4n) is 1.25. The third-order valence-corrected chi connectivity index (χ3v) is 2.12. The Morgan fingerprint density at radius 1 is 1.53 bits per heavy atom. The first kappa shape index (κ1) is 13.0. The van der Waals surface area contributed by atoms with Crippen LogP contribution in [0.5, 0.6) is 5.75 Å². The van der Waals surface area contributed by atoms with Crippen molar-refractivity contribution < 1.29 is 9.66 Å². The van der Waals surface area contributed by atoms with E-state index in [1.165, 1.54) is 13.2 Å². The summed E-state index contributed by atoms with van der Waals surface area (Å²) < 4.78 is 5.01. The molecule has 0 fully saturated rings. The molecule has 0 radical (unpaired) electrons. The van der Waals surface area contributed by atoms with Gasteiger partial charge in [-0.05, 0) is 13.1 Å². The Morgan fingerprint density at radius 2 is 2.29 bits per heavy atom. The van der Waals surface area contributed by atoms with Crippen LogP contribution in [0.1, 0.15) is 12.0 Å². The molecule has 0 aliphatic carbocycles. The summed E-state index contributed by atoms with van der Waals surface area (Å²) in [6, 6.07) is 4.53. The second kappa shape index (κ2) is 6.51. The van der Waals surface area contributed by atoms with E-state index in [0.717, 1.165) is 6.54 Å². The van der Waals surface area contributed by atoms with Crippen molar-refractivity contribution in [3.8, 4) is 17.6 Å². The lowest BCUT2D eigenvalue weighted by atomic mass is 10.1. The van der Waals surface area contributed by atoms with Crippen LogP contribution in [0, 0.1) is 22.0 Å². The zero-order chi connectivity index (χ0) is 12.7. The molecule has 0 bridgehead atoms. The first-order valence-electron chi connectivity index (χ1n) is 5.15. The van der Waals surface area contributed by atoms with Gasteiger partial charge in [-0.1, -0.05) is 11.8 Å². The highest BCUT2D eigenvalue weighted by atomic mass is 16.6. The van der Waals surface area contributed by atoms with Crippen LogP contribution in [-0.4, -0.2) is 25.6 Å². The maximum Gasteiger partial charge on any atom is 0.285 e. The number of ether oxygens (including phenoxy) is 1. The van der Waals surface area contributed by atoms with Gasteiger partial charge in [0.2, 0.25) is 0 Å². The first-order chi connectivity index (χ1) is 8.19. The minimum atomic E-state index is -0.443. The average molecular weight is 234 g/mol. The van der Waals surface area contributed by atoms with Crippen LogP contribution in [0.4, 0.5) is 5.69 Å². The average Bonchev–Trinajstić information content (AvgIpc) is 2.34. The van der Waals surface area contributed by atoms with Crippen molar-refractivity contribution in [2.75, 3.05) is 20.7 Å². The predicted octanol–water partition coefficient (Wildman–Crippen LogP) is 1.56. The number of methoxy groups -OCH3 is 1. The van der Waals surface area contributed by atoms with E-state index in [1.54, 1.807) is 12.1 Å². The SMILES string of the molecule is CNCCC#Cc1cc(OC)ccc1[N+](=O)[O-]. The highest BCUT2D eigenvalue weighted by Crippen LogP contribution is 2.22. The molecule has 0 saturated carbocycles. The quantitative estimate of drug-likeness (QED) is 0.371. The van der Waals surface area contributed by atoms with Crippen LogP contribution < -0.4 is 10.1 Å². The Hall–Kier alpha value is -2.06. The van der Waals surface area contributed by atoms with Gasteiger partial charge in [-0.3, -0.25) is 10.1 Å². The van der Waals surface area contributed by atoms with E-state index in [1.807, 2.05) is 7.05 Å². The molecule has 0 spiro atoms. The lowest BCUT2D eigenvalue weighted by molar-refractivity contribution is -0.385. The Balaban J connectivity index is 2.99. The normalized spacial score (nSPS) is 9.29. The van der Waals surface area contributed by atoms with Crippen molar-refractivity contribution in [3.05, 3.63) is 33.9 Å². The molecule has 5 heteroatoms.